The zero-order chi connectivity index (χ0) is 25.3. The summed E-state index contributed by atoms with van der Waals surface area (Å²) in [5.41, 5.74) is -1.49. The molecule has 1 aromatic rings. The molecule has 36 heavy (non-hydrogen) atoms. The summed E-state index contributed by atoms with van der Waals surface area (Å²) in [5, 5.41) is 31.0. The Morgan fingerprint density at radius 2 is 1.78 bits per heavy atom. The first-order chi connectivity index (χ1) is 17.1. The SMILES string of the molecule is C[C@]12CCC(NC(=O)C3CCCN3)C[C@@]1(O)CC[C@@H]1[C@@H]2CC[C@]2(C)[C@@H](c3ccc(=O)oc3)CC[C@]12O. The number of fused-ring (bicyclic) bond motifs is 5. The molecule has 1 aliphatic heterocycles. The monoisotopic (exact) mass is 498 g/mol. The van der Waals surface area contributed by atoms with Crippen LogP contribution in [-0.2, 0) is 4.79 Å². The molecule has 4 N–H and O–H groups in total. The van der Waals surface area contributed by atoms with E-state index in [0.717, 1.165) is 69.9 Å². The molecule has 198 valence electrons. The van der Waals surface area contributed by atoms with Crippen LogP contribution in [0.25, 0.3) is 0 Å². The summed E-state index contributed by atoms with van der Waals surface area (Å²) >= 11 is 0. The van der Waals surface area contributed by atoms with Crippen LogP contribution < -0.4 is 16.3 Å². The van der Waals surface area contributed by atoms with Crippen LogP contribution in [0.2, 0.25) is 0 Å². The van der Waals surface area contributed by atoms with E-state index in [0.29, 0.717) is 12.8 Å². The Kier molecular flexibility index (Phi) is 5.75. The van der Waals surface area contributed by atoms with E-state index in [1.165, 1.54) is 6.07 Å². The molecular weight excluding hydrogens is 456 g/mol. The first kappa shape index (κ1) is 24.6. The van der Waals surface area contributed by atoms with Gasteiger partial charge in [0.05, 0.1) is 23.5 Å². The van der Waals surface area contributed by atoms with E-state index in [-0.39, 0.29) is 52.2 Å². The zero-order valence-corrected chi connectivity index (χ0v) is 21.7. The van der Waals surface area contributed by atoms with Crippen molar-refractivity contribution in [3.05, 3.63) is 34.4 Å². The van der Waals surface area contributed by atoms with Crippen LogP contribution in [0, 0.1) is 22.7 Å². The van der Waals surface area contributed by atoms with Gasteiger partial charge in [0.2, 0.25) is 5.91 Å². The number of carbonyl (C=O) groups is 1. The molecule has 9 atom stereocenters. The standard InChI is InChI=1S/C29H42N2O5/c1-26-11-7-19(31-25(33)23-4-3-15-30-23)16-28(26,34)13-9-22-21(26)8-12-27(2)20(10-14-29(22,27)35)18-5-6-24(32)36-17-18/h5-6,17,19-23,30,34-35H,3-4,7-16H2,1-2H3,(H,31,33)/t19?,20-,21+,22-,23?,26-,27-,28+,29+/m1/s1. The van der Waals surface area contributed by atoms with Crippen molar-refractivity contribution in [2.45, 2.75) is 114 Å². The molecule has 5 aliphatic rings. The Balaban J connectivity index is 1.22. The largest absolute Gasteiger partial charge is 0.431 e. The lowest BCUT2D eigenvalue weighted by molar-refractivity contribution is -0.247. The van der Waals surface area contributed by atoms with E-state index in [1.807, 2.05) is 6.07 Å². The second-order valence-electron chi connectivity index (χ2n) is 13.2. The lowest BCUT2D eigenvalue weighted by Gasteiger charge is -2.66. The molecule has 4 aliphatic carbocycles. The van der Waals surface area contributed by atoms with E-state index in [4.69, 9.17) is 4.42 Å². The summed E-state index contributed by atoms with van der Waals surface area (Å²) < 4.78 is 5.20. The first-order valence-electron chi connectivity index (χ1n) is 14.2. The molecule has 0 bridgehead atoms. The van der Waals surface area contributed by atoms with Crippen LogP contribution >= 0.6 is 0 Å². The topological polar surface area (TPSA) is 112 Å². The third-order valence-corrected chi connectivity index (χ3v) is 11.8. The predicted octanol–water partition coefficient (Wildman–Crippen LogP) is 3.23. The van der Waals surface area contributed by atoms with Crippen LogP contribution in [0.3, 0.4) is 0 Å². The maximum atomic E-state index is 12.7. The third kappa shape index (κ3) is 3.41. The Hall–Kier alpha value is -1.70. The van der Waals surface area contributed by atoms with E-state index in [2.05, 4.69) is 24.5 Å². The highest BCUT2D eigenvalue weighted by atomic mass is 16.4. The van der Waals surface area contributed by atoms with Gasteiger partial charge in [-0.2, -0.15) is 0 Å². The van der Waals surface area contributed by atoms with Crippen LogP contribution in [0.1, 0.15) is 96.0 Å². The Morgan fingerprint density at radius 3 is 2.50 bits per heavy atom. The van der Waals surface area contributed by atoms with Crippen molar-refractivity contribution in [2.75, 3.05) is 6.54 Å². The molecule has 6 rings (SSSR count). The van der Waals surface area contributed by atoms with Crippen LogP contribution in [0.5, 0.6) is 0 Å². The second-order valence-corrected chi connectivity index (χ2v) is 13.2. The molecule has 1 saturated heterocycles. The minimum absolute atomic E-state index is 0.00932. The number of amides is 1. The Bertz CT molecular complexity index is 1060. The molecule has 2 unspecified atom stereocenters. The fraction of sp³-hybridized carbons (Fsp3) is 0.793. The Morgan fingerprint density at radius 1 is 1.00 bits per heavy atom. The lowest BCUT2D eigenvalue weighted by atomic mass is 9.42. The molecular formula is C29H42N2O5. The highest BCUT2D eigenvalue weighted by Gasteiger charge is 2.70. The van der Waals surface area contributed by atoms with Crippen molar-refractivity contribution < 1.29 is 19.4 Å². The summed E-state index contributed by atoms with van der Waals surface area (Å²) in [6.45, 7) is 5.39. The number of aliphatic hydroxyl groups is 2. The molecule has 7 heteroatoms. The fourth-order valence-corrected chi connectivity index (χ4v) is 9.66. The number of hydrogen-bond acceptors (Lipinski definition) is 6. The fourth-order valence-electron chi connectivity index (χ4n) is 9.66. The van der Waals surface area contributed by atoms with Crippen molar-refractivity contribution in [1.82, 2.24) is 10.6 Å². The maximum absolute atomic E-state index is 12.7. The van der Waals surface area contributed by atoms with Gasteiger partial charge in [-0.3, -0.25) is 4.79 Å². The zero-order valence-electron chi connectivity index (χ0n) is 21.7. The van der Waals surface area contributed by atoms with Gasteiger partial charge in [0, 0.05) is 17.5 Å². The van der Waals surface area contributed by atoms with Crippen molar-refractivity contribution >= 4 is 5.91 Å². The molecule has 4 saturated carbocycles. The summed E-state index contributed by atoms with van der Waals surface area (Å²) in [4.78, 5) is 24.3. The molecule has 0 radical (unpaired) electrons. The Labute approximate surface area is 213 Å². The van der Waals surface area contributed by atoms with E-state index in [1.54, 1.807) is 6.26 Å². The van der Waals surface area contributed by atoms with Gasteiger partial charge < -0.3 is 25.3 Å². The number of nitrogens with one attached hydrogen (secondary N) is 2. The van der Waals surface area contributed by atoms with Gasteiger partial charge in [0.15, 0.2) is 0 Å². The number of hydrogen-bond donors (Lipinski definition) is 4. The van der Waals surface area contributed by atoms with E-state index < -0.39 is 11.2 Å². The molecule has 1 amide bonds. The highest BCUT2D eigenvalue weighted by Crippen LogP contribution is 2.71. The summed E-state index contributed by atoms with van der Waals surface area (Å²) in [6.07, 6.45) is 10.9. The number of carbonyl (C=O) groups excluding carboxylic acids is 1. The smallest absolute Gasteiger partial charge is 0.335 e. The van der Waals surface area contributed by atoms with E-state index >= 15 is 0 Å². The summed E-state index contributed by atoms with van der Waals surface area (Å²) in [7, 11) is 0. The van der Waals surface area contributed by atoms with Gasteiger partial charge in [-0.1, -0.05) is 13.8 Å². The van der Waals surface area contributed by atoms with Crippen molar-refractivity contribution in [2.24, 2.45) is 22.7 Å². The molecule has 7 nitrogen and oxygen atoms in total. The van der Waals surface area contributed by atoms with E-state index in [9.17, 15) is 19.8 Å². The van der Waals surface area contributed by atoms with Crippen molar-refractivity contribution in [1.29, 1.82) is 0 Å². The molecule has 1 aromatic heterocycles. The van der Waals surface area contributed by atoms with Crippen LogP contribution in [-0.4, -0.2) is 46.0 Å². The second kappa shape index (κ2) is 8.40. The van der Waals surface area contributed by atoms with Gasteiger partial charge in [-0.15, -0.1) is 0 Å². The molecule has 5 fully saturated rings. The highest BCUT2D eigenvalue weighted by molar-refractivity contribution is 5.82. The first-order valence-corrected chi connectivity index (χ1v) is 14.2. The van der Waals surface area contributed by atoms with Crippen molar-refractivity contribution in [3.63, 3.8) is 0 Å². The summed E-state index contributed by atoms with van der Waals surface area (Å²) in [6, 6.07) is 3.28. The predicted molar refractivity (Wildman–Crippen MR) is 135 cm³/mol. The molecule has 0 spiro atoms. The van der Waals surface area contributed by atoms with Crippen molar-refractivity contribution in [3.8, 4) is 0 Å². The minimum atomic E-state index is -0.821. The molecule has 0 aromatic carbocycles. The third-order valence-electron chi connectivity index (χ3n) is 11.8. The van der Waals surface area contributed by atoms with Gasteiger partial charge in [0.25, 0.3) is 0 Å². The summed E-state index contributed by atoms with van der Waals surface area (Å²) in [5.74, 6) is 0.650. The van der Waals surface area contributed by atoms with Gasteiger partial charge in [-0.25, -0.2) is 4.79 Å². The average Bonchev–Trinajstić information content (AvgIpc) is 3.47. The quantitative estimate of drug-likeness (QED) is 0.509. The maximum Gasteiger partial charge on any atom is 0.335 e. The average molecular weight is 499 g/mol. The van der Waals surface area contributed by atoms with Crippen LogP contribution in [0.4, 0.5) is 0 Å². The minimum Gasteiger partial charge on any atom is -0.431 e. The lowest BCUT2D eigenvalue weighted by Crippen LogP contribution is -2.68. The number of rotatable bonds is 3. The van der Waals surface area contributed by atoms with Gasteiger partial charge >= 0.3 is 5.63 Å². The van der Waals surface area contributed by atoms with Gasteiger partial charge in [-0.05, 0) is 112 Å². The van der Waals surface area contributed by atoms with Gasteiger partial charge in [0.1, 0.15) is 0 Å². The van der Waals surface area contributed by atoms with Crippen LogP contribution in [0.15, 0.2) is 27.6 Å². The molecule has 2 heterocycles. The normalized spacial score (nSPS) is 48.1.